The Kier molecular flexibility index (Phi) is 4.00. The van der Waals surface area contributed by atoms with Crippen LogP contribution in [0, 0.1) is 18.7 Å². The molecule has 0 aliphatic rings. The molecule has 3 nitrogen and oxygen atoms in total. The fourth-order valence-electron chi connectivity index (χ4n) is 2.25. The molecule has 2 N–H and O–H groups in total. The molecule has 0 radical (unpaired) electrons. The number of nitrogens with two attached hydrogens (primary N) is 1. The van der Waals surface area contributed by atoms with Crippen LogP contribution in [0.2, 0.25) is 0 Å². The van der Waals surface area contributed by atoms with Crippen LogP contribution in [0.25, 0.3) is 5.69 Å². The Morgan fingerprint density at radius 1 is 1.37 bits per heavy atom. The van der Waals surface area contributed by atoms with Crippen LogP contribution in [0.15, 0.2) is 30.7 Å². The van der Waals surface area contributed by atoms with E-state index in [2.05, 4.69) is 18.8 Å². The molecule has 0 fully saturated rings. The maximum atomic E-state index is 13.4. The van der Waals surface area contributed by atoms with Gasteiger partial charge in [-0.2, -0.15) is 0 Å². The van der Waals surface area contributed by atoms with Crippen molar-refractivity contribution in [1.29, 1.82) is 0 Å². The van der Waals surface area contributed by atoms with Gasteiger partial charge in [0.05, 0.1) is 23.9 Å². The second kappa shape index (κ2) is 5.53. The third-order valence-corrected chi connectivity index (χ3v) is 3.20. The third kappa shape index (κ3) is 3.01. The van der Waals surface area contributed by atoms with Crippen LogP contribution >= 0.6 is 0 Å². The number of nitrogens with zero attached hydrogens (tertiary/aromatic N) is 2. The zero-order valence-corrected chi connectivity index (χ0v) is 11.6. The Labute approximate surface area is 113 Å². The van der Waals surface area contributed by atoms with Gasteiger partial charge in [-0.25, -0.2) is 9.37 Å². The summed E-state index contributed by atoms with van der Waals surface area (Å²) in [5, 5.41) is 0. The Balaban J connectivity index is 2.41. The summed E-state index contributed by atoms with van der Waals surface area (Å²) in [6.07, 6.45) is 4.33. The zero-order valence-electron chi connectivity index (χ0n) is 11.6. The molecule has 0 bridgehead atoms. The highest BCUT2D eigenvalue weighted by atomic mass is 19.1. The number of aromatic nitrogens is 2. The molecule has 0 amide bonds. The van der Waals surface area contributed by atoms with Crippen molar-refractivity contribution < 1.29 is 4.39 Å². The lowest BCUT2D eigenvalue weighted by molar-refractivity contribution is 0.497. The SMILES string of the molecule is Cc1ccc(F)cc1-n1cncc1C(N)CC(C)C. The van der Waals surface area contributed by atoms with E-state index < -0.39 is 0 Å². The van der Waals surface area contributed by atoms with Gasteiger partial charge in [-0.05, 0) is 37.0 Å². The summed E-state index contributed by atoms with van der Waals surface area (Å²) in [6, 6.07) is 4.65. The molecule has 0 spiro atoms. The normalized spacial score (nSPS) is 12.9. The van der Waals surface area contributed by atoms with Crippen LogP contribution in [-0.2, 0) is 0 Å². The summed E-state index contributed by atoms with van der Waals surface area (Å²) in [5.74, 6) is 0.254. The Morgan fingerprint density at radius 2 is 2.11 bits per heavy atom. The average Bonchev–Trinajstić information content (AvgIpc) is 2.80. The maximum Gasteiger partial charge on any atom is 0.125 e. The van der Waals surface area contributed by atoms with Crippen molar-refractivity contribution in [3.63, 3.8) is 0 Å². The van der Waals surface area contributed by atoms with Gasteiger partial charge in [-0.3, -0.25) is 0 Å². The predicted octanol–water partition coefficient (Wildman–Crippen LogP) is 3.37. The van der Waals surface area contributed by atoms with Gasteiger partial charge in [-0.1, -0.05) is 19.9 Å². The minimum Gasteiger partial charge on any atom is -0.323 e. The summed E-state index contributed by atoms with van der Waals surface area (Å²) >= 11 is 0. The second-order valence-corrected chi connectivity index (χ2v) is 5.36. The first kappa shape index (κ1) is 13.7. The topological polar surface area (TPSA) is 43.8 Å². The molecule has 19 heavy (non-hydrogen) atoms. The first-order valence-electron chi connectivity index (χ1n) is 6.53. The van der Waals surface area contributed by atoms with Gasteiger partial charge < -0.3 is 10.3 Å². The molecule has 102 valence electrons. The zero-order chi connectivity index (χ0) is 14.0. The predicted molar refractivity (Wildman–Crippen MR) is 74.6 cm³/mol. The summed E-state index contributed by atoms with van der Waals surface area (Å²) in [6.45, 7) is 6.22. The highest BCUT2D eigenvalue weighted by Gasteiger charge is 2.15. The highest BCUT2D eigenvalue weighted by Crippen LogP contribution is 2.23. The van der Waals surface area contributed by atoms with E-state index in [4.69, 9.17) is 5.73 Å². The molecule has 0 aliphatic carbocycles. The monoisotopic (exact) mass is 261 g/mol. The van der Waals surface area contributed by atoms with Gasteiger partial charge >= 0.3 is 0 Å². The fourth-order valence-corrected chi connectivity index (χ4v) is 2.25. The maximum absolute atomic E-state index is 13.4. The van der Waals surface area contributed by atoms with Crippen LogP contribution in [0.1, 0.15) is 37.6 Å². The standard InChI is InChI=1S/C15H20FN3/c1-10(2)6-13(17)15-8-18-9-19(15)14-7-12(16)5-4-11(14)3/h4-5,7-10,13H,6,17H2,1-3H3. The number of hydrogen-bond donors (Lipinski definition) is 1. The van der Waals surface area contributed by atoms with E-state index in [1.807, 2.05) is 11.5 Å². The first-order valence-corrected chi connectivity index (χ1v) is 6.53. The molecule has 1 aromatic heterocycles. The van der Waals surface area contributed by atoms with Crippen molar-refractivity contribution in [2.24, 2.45) is 11.7 Å². The fraction of sp³-hybridized carbons (Fsp3) is 0.400. The molecule has 1 unspecified atom stereocenters. The smallest absolute Gasteiger partial charge is 0.125 e. The van der Waals surface area contributed by atoms with Crippen LogP contribution in [0.4, 0.5) is 4.39 Å². The van der Waals surface area contributed by atoms with Crippen molar-refractivity contribution in [2.45, 2.75) is 33.2 Å². The molecule has 0 saturated carbocycles. The number of hydrogen-bond acceptors (Lipinski definition) is 2. The number of aryl methyl sites for hydroxylation is 1. The summed E-state index contributed by atoms with van der Waals surface area (Å²) in [5.41, 5.74) is 8.93. The van der Waals surface area contributed by atoms with E-state index in [0.29, 0.717) is 5.92 Å². The summed E-state index contributed by atoms with van der Waals surface area (Å²) in [4.78, 5) is 4.16. The average molecular weight is 261 g/mol. The van der Waals surface area contributed by atoms with Crippen molar-refractivity contribution in [3.05, 3.63) is 47.8 Å². The Hall–Kier alpha value is -1.68. The van der Waals surface area contributed by atoms with E-state index in [9.17, 15) is 4.39 Å². The summed E-state index contributed by atoms with van der Waals surface area (Å²) < 4.78 is 15.3. The first-order chi connectivity index (χ1) is 8.99. The van der Waals surface area contributed by atoms with Crippen LogP contribution in [-0.4, -0.2) is 9.55 Å². The number of rotatable bonds is 4. The molecule has 0 saturated heterocycles. The van der Waals surface area contributed by atoms with Crippen LogP contribution < -0.4 is 5.73 Å². The van der Waals surface area contributed by atoms with E-state index >= 15 is 0 Å². The van der Waals surface area contributed by atoms with Gasteiger partial charge in [0, 0.05) is 6.04 Å². The van der Waals surface area contributed by atoms with Crippen molar-refractivity contribution in [3.8, 4) is 5.69 Å². The molecule has 0 aliphatic heterocycles. The second-order valence-electron chi connectivity index (χ2n) is 5.36. The molecular formula is C15H20FN3. The largest absolute Gasteiger partial charge is 0.323 e. The minimum atomic E-state index is -0.252. The molecule has 4 heteroatoms. The van der Waals surface area contributed by atoms with Crippen molar-refractivity contribution in [1.82, 2.24) is 9.55 Å². The van der Waals surface area contributed by atoms with Crippen molar-refractivity contribution in [2.75, 3.05) is 0 Å². The molecule has 1 heterocycles. The van der Waals surface area contributed by atoms with Gasteiger partial charge in [0.25, 0.3) is 0 Å². The number of benzene rings is 1. The van der Waals surface area contributed by atoms with Crippen LogP contribution in [0.5, 0.6) is 0 Å². The third-order valence-electron chi connectivity index (χ3n) is 3.20. The quantitative estimate of drug-likeness (QED) is 0.917. The van der Waals surface area contributed by atoms with Gasteiger partial charge in [0.1, 0.15) is 5.82 Å². The molecule has 1 aromatic carbocycles. The lowest BCUT2D eigenvalue weighted by Crippen LogP contribution is -2.17. The number of halogens is 1. The minimum absolute atomic E-state index is 0.0924. The molecule has 2 rings (SSSR count). The lowest BCUT2D eigenvalue weighted by atomic mass is 10.0. The van der Waals surface area contributed by atoms with Crippen LogP contribution in [0.3, 0.4) is 0 Å². The lowest BCUT2D eigenvalue weighted by Gasteiger charge is -2.17. The molecule has 2 aromatic rings. The van der Waals surface area contributed by atoms with Gasteiger partial charge in [0.2, 0.25) is 0 Å². The van der Waals surface area contributed by atoms with E-state index in [0.717, 1.165) is 23.4 Å². The van der Waals surface area contributed by atoms with Crippen molar-refractivity contribution >= 4 is 0 Å². The number of imidazole rings is 1. The Bertz CT molecular complexity index is 560. The van der Waals surface area contributed by atoms with E-state index in [1.165, 1.54) is 12.1 Å². The van der Waals surface area contributed by atoms with E-state index in [1.54, 1.807) is 18.6 Å². The molecular weight excluding hydrogens is 241 g/mol. The highest BCUT2D eigenvalue weighted by molar-refractivity contribution is 5.42. The van der Waals surface area contributed by atoms with Gasteiger partial charge in [0.15, 0.2) is 0 Å². The van der Waals surface area contributed by atoms with E-state index in [-0.39, 0.29) is 11.9 Å². The van der Waals surface area contributed by atoms with Gasteiger partial charge in [-0.15, -0.1) is 0 Å². The molecule has 1 atom stereocenters. The summed E-state index contributed by atoms with van der Waals surface area (Å²) in [7, 11) is 0. The Morgan fingerprint density at radius 3 is 2.79 bits per heavy atom.